The van der Waals surface area contributed by atoms with E-state index in [1.54, 1.807) is 12.1 Å². The predicted molar refractivity (Wildman–Crippen MR) is 99.4 cm³/mol. The Morgan fingerprint density at radius 2 is 1.52 bits per heavy atom. The summed E-state index contributed by atoms with van der Waals surface area (Å²) in [7, 11) is 1.37. The van der Waals surface area contributed by atoms with E-state index in [0.29, 0.717) is 12.0 Å². The Labute approximate surface area is 150 Å². The van der Waals surface area contributed by atoms with E-state index in [2.05, 4.69) is 9.73 Å². The molecule has 0 aliphatic carbocycles. The molecule has 138 valence electrons. The Bertz CT molecular complexity index is 537. The molecule has 1 aromatic carbocycles. The number of nitrogens with zero attached hydrogens (tertiary/aromatic N) is 1. The fraction of sp³-hybridized carbons (Fsp3) is 0.550. The van der Waals surface area contributed by atoms with Crippen LogP contribution in [0.15, 0.2) is 29.3 Å². The molecule has 0 radical (unpaired) electrons. The number of carboxylic acids is 1. The number of hydrogen-bond donors (Lipinski definition) is 1. The number of carboxylic acid groups (broad SMARTS) is 1. The second-order valence-electron chi connectivity index (χ2n) is 6.12. The standard InChI is InChI=1S/C20H29NO4/c1-25-20(24)18-13-11-17(12-14-18)16-21-15-9-7-5-3-2-4-6-8-10-19(22)23/h11-14,16H,2-10,15H2,1H3,(H,22,23)/b21-16+. The summed E-state index contributed by atoms with van der Waals surface area (Å²) in [5.74, 6) is -1.02. The van der Waals surface area contributed by atoms with Gasteiger partial charge in [-0.3, -0.25) is 9.79 Å². The number of hydrogen-bond acceptors (Lipinski definition) is 4. The summed E-state index contributed by atoms with van der Waals surface area (Å²) >= 11 is 0. The van der Waals surface area contributed by atoms with Crippen LogP contribution in [0, 0.1) is 0 Å². The Balaban J connectivity index is 2.01. The van der Waals surface area contributed by atoms with E-state index in [0.717, 1.165) is 37.8 Å². The molecule has 1 rings (SSSR count). The molecule has 0 spiro atoms. The lowest BCUT2D eigenvalue weighted by Crippen LogP contribution is -2.00. The SMILES string of the molecule is COC(=O)c1ccc(/C=N/CCCCCCCCCCC(=O)O)cc1. The first-order chi connectivity index (χ1) is 12.1. The first-order valence-electron chi connectivity index (χ1n) is 9.03. The van der Waals surface area contributed by atoms with E-state index in [1.807, 2.05) is 18.3 Å². The fourth-order valence-electron chi connectivity index (χ4n) is 2.53. The molecule has 0 saturated heterocycles. The molecule has 5 heteroatoms. The lowest BCUT2D eigenvalue weighted by atomic mass is 10.1. The third-order valence-corrected chi connectivity index (χ3v) is 4.00. The molecule has 0 unspecified atom stereocenters. The minimum atomic E-state index is -0.694. The third-order valence-electron chi connectivity index (χ3n) is 4.00. The molecule has 0 saturated carbocycles. The number of carbonyl (C=O) groups is 2. The van der Waals surface area contributed by atoms with Gasteiger partial charge < -0.3 is 9.84 Å². The van der Waals surface area contributed by atoms with Crippen molar-refractivity contribution in [3.05, 3.63) is 35.4 Å². The Kier molecular flexibility index (Phi) is 11.0. The number of aliphatic carboxylic acids is 1. The lowest BCUT2D eigenvalue weighted by Gasteiger charge is -2.01. The topological polar surface area (TPSA) is 76.0 Å². The van der Waals surface area contributed by atoms with Crippen molar-refractivity contribution in [3.63, 3.8) is 0 Å². The average molecular weight is 347 g/mol. The number of esters is 1. The highest BCUT2D eigenvalue weighted by Gasteiger charge is 2.03. The van der Waals surface area contributed by atoms with Crippen LogP contribution in [0.3, 0.4) is 0 Å². The summed E-state index contributed by atoms with van der Waals surface area (Å²) in [4.78, 5) is 26.1. The number of benzene rings is 1. The minimum Gasteiger partial charge on any atom is -0.481 e. The zero-order valence-electron chi connectivity index (χ0n) is 15.1. The molecular weight excluding hydrogens is 318 g/mol. The summed E-state index contributed by atoms with van der Waals surface area (Å²) in [5, 5.41) is 8.54. The number of ether oxygens (including phenoxy) is 1. The van der Waals surface area contributed by atoms with Gasteiger partial charge in [0, 0.05) is 19.2 Å². The van der Waals surface area contributed by atoms with Crippen molar-refractivity contribution in [2.75, 3.05) is 13.7 Å². The molecule has 0 aromatic heterocycles. The number of aliphatic imine (C=N–C) groups is 1. The van der Waals surface area contributed by atoms with Gasteiger partial charge in [-0.2, -0.15) is 0 Å². The van der Waals surface area contributed by atoms with E-state index in [4.69, 9.17) is 5.11 Å². The Morgan fingerprint density at radius 3 is 2.08 bits per heavy atom. The van der Waals surface area contributed by atoms with Gasteiger partial charge in [-0.15, -0.1) is 0 Å². The molecule has 0 atom stereocenters. The van der Waals surface area contributed by atoms with Crippen molar-refractivity contribution in [3.8, 4) is 0 Å². The van der Waals surface area contributed by atoms with Crippen molar-refractivity contribution >= 4 is 18.2 Å². The van der Waals surface area contributed by atoms with Gasteiger partial charge in [0.25, 0.3) is 0 Å². The molecule has 0 bridgehead atoms. The second kappa shape index (κ2) is 13.2. The van der Waals surface area contributed by atoms with Gasteiger partial charge in [-0.05, 0) is 30.5 Å². The van der Waals surface area contributed by atoms with Crippen LogP contribution in [0.1, 0.15) is 73.7 Å². The van der Waals surface area contributed by atoms with Crippen LogP contribution in [-0.2, 0) is 9.53 Å². The molecule has 0 heterocycles. The molecule has 25 heavy (non-hydrogen) atoms. The van der Waals surface area contributed by atoms with E-state index in [9.17, 15) is 9.59 Å². The minimum absolute atomic E-state index is 0.295. The van der Waals surface area contributed by atoms with Crippen LogP contribution in [0.4, 0.5) is 0 Å². The Hall–Kier alpha value is -2.17. The van der Waals surface area contributed by atoms with E-state index >= 15 is 0 Å². The predicted octanol–water partition coefficient (Wildman–Crippen LogP) is 4.49. The van der Waals surface area contributed by atoms with Crippen LogP contribution in [-0.4, -0.2) is 36.9 Å². The summed E-state index contributed by atoms with van der Waals surface area (Å²) in [6.07, 6.45) is 10.9. The van der Waals surface area contributed by atoms with Crippen LogP contribution in [0.2, 0.25) is 0 Å². The number of methoxy groups -OCH3 is 1. The summed E-state index contributed by atoms with van der Waals surface area (Å²) < 4.78 is 4.66. The smallest absolute Gasteiger partial charge is 0.337 e. The zero-order valence-corrected chi connectivity index (χ0v) is 15.1. The van der Waals surface area contributed by atoms with Crippen molar-refractivity contribution in [1.29, 1.82) is 0 Å². The van der Waals surface area contributed by atoms with Crippen LogP contribution < -0.4 is 0 Å². The van der Waals surface area contributed by atoms with Crippen molar-refractivity contribution in [1.82, 2.24) is 0 Å². The van der Waals surface area contributed by atoms with E-state index in [-0.39, 0.29) is 5.97 Å². The monoisotopic (exact) mass is 347 g/mol. The third kappa shape index (κ3) is 10.3. The summed E-state index contributed by atoms with van der Waals surface area (Å²) in [6.45, 7) is 0.817. The van der Waals surface area contributed by atoms with E-state index < -0.39 is 5.97 Å². The van der Waals surface area contributed by atoms with Crippen molar-refractivity contribution in [2.24, 2.45) is 4.99 Å². The summed E-state index contributed by atoms with van der Waals surface area (Å²) in [6, 6.07) is 7.20. The second-order valence-corrected chi connectivity index (χ2v) is 6.12. The number of carbonyl (C=O) groups excluding carboxylic acids is 1. The van der Waals surface area contributed by atoms with Gasteiger partial charge in [-0.1, -0.05) is 50.7 Å². The summed E-state index contributed by atoms with van der Waals surface area (Å²) in [5.41, 5.74) is 1.52. The maximum Gasteiger partial charge on any atom is 0.337 e. The number of unbranched alkanes of at least 4 members (excludes halogenated alkanes) is 7. The maximum atomic E-state index is 11.3. The Morgan fingerprint density at radius 1 is 0.960 bits per heavy atom. The maximum absolute atomic E-state index is 11.3. The number of rotatable bonds is 13. The molecular formula is C20H29NO4. The molecule has 0 amide bonds. The fourth-order valence-corrected chi connectivity index (χ4v) is 2.53. The van der Waals surface area contributed by atoms with Crippen LogP contribution in [0.5, 0.6) is 0 Å². The van der Waals surface area contributed by atoms with Gasteiger partial charge in [0.2, 0.25) is 0 Å². The van der Waals surface area contributed by atoms with Gasteiger partial charge in [0.1, 0.15) is 0 Å². The molecule has 1 aromatic rings. The molecule has 0 fully saturated rings. The quantitative estimate of drug-likeness (QED) is 0.324. The molecule has 1 N–H and O–H groups in total. The normalized spacial score (nSPS) is 10.9. The van der Waals surface area contributed by atoms with Crippen LogP contribution >= 0.6 is 0 Å². The lowest BCUT2D eigenvalue weighted by molar-refractivity contribution is -0.137. The van der Waals surface area contributed by atoms with Crippen molar-refractivity contribution in [2.45, 2.75) is 57.8 Å². The van der Waals surface area contributed by atoms with Gasteiger partial charge in [-0.25, -0.2) is 4.79 Å². The highest BCUT2D eigenvalue weighted by Crippen LogP contribution is 2.10. The van der Waals surface area contributed by atoms with Crippen molar-refractivity contribution < 1.29 is 19.4 Å². The molecule has 0 aliphatic rings. The largest absolute Gasteiger partial charge is 0.481 e. The van der Waals surface area contributed by atoms with Crippen LogP contribution in [0.25, 0.3) is 0 Å². The highest BCUT2D eigenvalue weighted by molar-refractivity contribution is 5.90. The van der Waals surface area contributed by atoms with Gasteiger partial charge >= 0.3 is 11.9 Å². The highest BCUT2D eigenvalue weighted by atomic mass is 16.5. The first kappa shape index (κ1) is 20.9. The van der Waals surface area contributed by atoms with Gasteiger partial charge in [0.15, 0.2) is 0 Å². The molecule has 5 nitrogen and oxygen atoms in total. The molecule has 0 aliphatic heterocycles. The zero-order chi connectivity index (χ0) is 18.3. The van der Waals surface area contributed by atoms with Gasteiger partial charge in [0.05, 0.1) is 12.7 Å². The average Bonchev–Trinajstić information content (AvgIpc) is 2.62. The van der Waals surface area contributed by atoms with E-state index in [1.165, 1.54) is 32.8 Å². The first-order valence-corrected chi connectivity index (χ1v) is 9.03.